The van der Waals surface area contributed by atoms with Gasteiger partial charge in [0.05, 0.1) is 11.9 Å². The third-order valence-corrected chi connectivity index (χ3v) is 7.49. The van der Waals surface area contributed by atoms with E-state index in [-0.39, 0.29) is 11.7 Å². The van der Waals surface area contributed by atoms with Gasteiger partial charge in [-0.15, -0.1) is 10.2 Å². The van der Waals surface area contributed by atoms with Gasteiger partial charge in [-0.3, -0.25) is 14.2 Å². The second-order valence-corrected chi connectivity index (χ2v) is 10.6. The summed E-state index contributed by atoms with van der Waals surface area (Å²) >= 11 is 1.36. The zero-order valence-corrected chi connectivity index (χ0v) is 23.5. The van der Waals surface area contributed by atoms with Gasteiger partial charge < -0.3 is 15.0 Å². The highest BCUT2D eigenvalue weighted by Crippen LogP contribution is 2.34. The summed E-state index contributed by atoms with van der Waals surface area (Å²) < 4.78 is 7.61. The summed E-state index contributed by atoms with van der Waals surface area (Å²) in [5.41, 5.74) is 4.03. The number of benzene rings is 3. The van der Waals surface area contributed by atoms with E-state index in [4.69, 9.17) is 4.74 Å². The van der Waals surface area contributed by atoms with Crippen molar-refractivity contribution in [3.05, 3.63) is 84.6 Å². The van der Waals surface area contributed by atoms with Gasteiger partial charge in [0.1, 0.15) is 5.75 Å². The molecule has 0 saturated carbocycles. The van der Waals surface area contributed by atoms with E-state index in [1.165, 1.54) is 11.8 Å². The molecule has 0 aliphatic carbocycles. The largest absolute Gasteiger partial charge is 0.494 e. The van der Waals surface area contributed by atoms with Crippen LogP contribution in [0.3, 0.4) is 0 Å². The summed E-state index contributed by atoms with van der Waals surface area (Å²) in [5.74, 6) is 1.38. The maximum atomic E-state index is 13.4. The highest BCUT2D eigenvalue weighted by molar-refractivity contribution is 8.00. The normalized spacial score (nSPS) is 11.9. The van der Waals surface area contributed by atoms with Crippen molar-refractivity contribution in [2.24, 2.45) is 0 Å². The first-order chi connectivity index (χ1) is 19.5. The van der Waals surface area contributed by atoms with Crippen molar-refractivity contribution in [1.29, 1.82) is 0 Å². The Kier molecular flexibility index (Phi) is 8.31. The Morgan fingerprint density at radius 1 is 1.00 bits per heavy atom. The molecular weight excluding hydrogens is 522 g/mol. The lowest BCUT2D eigenvalue weighted by atomic mass is 10.1. The number of amides is 1. The first-order valence-corrected chi connectivity index (χ1v) is 14.2. The topological polar surface area (TPSA) is 102 Å². The molecule has 0 fully saturated rings. The molecule has 1 amide bonds. The van der Waals surface area contributed by atoms with Crippen molar-refractivity contribution < 1.29 is 14.3 Å². The number of aromatic nitrogens is 4. The van der Waals surface area contributed by atoms with Gasteiger partial charge >= 0.3 is 0 Å². The van der Waals surface area contributed by atoms with Gasteiger partial charge in [-0.05, 0) is 74.9 Å². The Labute approximate surface area is 237 Å². The molecule has 5 aromatic rings. The molecule has 0 aliphatic rings. The van der Waals surface area contributed by atoms with Crippen LogP contribution in [0.15, 0.2) is 84.1 Å². The number of H-pyrrole nitrogens is 1. The van der Waals surface area contributed by atoms with Gasteiger partial charge in [-0.1, -0.05) is 36.9 Å². The maximum absolute atomic E-state index is 13.4. The second kappa shape index (κ2) is 12.2. The lowest BCUT2D eigenvalue weighted by Crippen LogP contribution is -2.15. The molecule has 9 heteroatoms. The summed E-state index contributed by atoms with van der Waals surface area (Å²) in [6.07, 6.45) is 3.17. The number of aromatic amines is 1. The zero-order valence-electron chi connectivity index (χ0n) is 22.7. The lowest BCUT2D eigenvalue weighted by molar-refractivity contribution is -0.116. The lowest BCUT2D eigenvalue weighted by Gasteiger charge is -2.14. The molecule has 204 valence electrons. The van der Waals surface area contributed by atoms with Crippen LogP contribution in [0.1, 0.15) is 44.0 Å². The molecule has 2 heterocycles. The number of carbonyl (C=O) groups is 2. The smallest absolute Gasteiger partial charge is 0.224 e. The van der Waals surface area contributed by atoms with Crippen molar-refractivity contribution in [3.8, 4) is 22.8 Å². The molecular formula is C31H31N5O3S. The fourth-order valence-corrected chi connectivity index (χ4v) is 5.43. The molecule has 2 aromatic heterocycles. The fourth-order valence-electron chi connectivity index (χ4n) is 4.48. The van der Waals surface area contributed by atoms with Crippen LogP contribution < -0.4 is 10.1 Å². The summed E-state index contributed by atoms with van der Waals surface area (Å²) in [4.78, 5) is 28.6. The Hall–Kier alpha value is -4.37. The number of ketones is 1. The minimum absolute atomic E-state index is 0.0358. The third kappa shape index (κ3) is 5.79. The first kappa shape index (κ1) is 27.2. The number of rotatable bonds is 11. The van der Waals surface area contributed by atoms with Crippen LogP contribution in [0.5, 0.6) is 5.75 Å². The number of anilines is 1. The number of ether oxygens (including phenoxy) is 1. The molecule has 0 saturated heterocycles. The molecule has 5 rings (SSSR count). The molecule has 8 nitrogen and oxygen atoms in total. The number of carbonyl (C=O) groups excluding carboxylic acids is 2. The predicted molar refractivity (Wildman–Crippen MR) is 159 cm³/mol. The van der Waals surface area contributed by atoms with Crippen molar-refractivity contribution in [3.63, 3.8) is 0 Å². The molecule has 3 aromatic carbocycles. The molecule has 0 bridgehead atoms. The first-order valence-electron chi connectivity index (χ1n) is 13.3. The summed E-state index contributed by atoms with van der Waals surface area (Å²) in [5, 5.41) is 13.2. The Balaban J connectivity index is 1.44. The van der Waals surface area contributed by atoms with Crippen molar-refractivity contribution in [2.45, 2.75) is 44.0 Å². The number of para-hydroxylation sites is 1. The second-order valence-electron chi connectivity index (χ2n) is 9.32. The van der Waals surface area contributed by atoms with Crippen LogP contribution in [-0.2, 0) is 4.79 Å². The number of Topliss-reactive ketones (excluding diaryl/α,β-unsaturated/α-hetero) is 1. The number of hydrogen-bond acceptors (Lipinski definition) is 6. The van der Waals surface area contributed by atoms with Gasteiger partial charge in [0.15, 0.2) is 16.8 Å². The number of hydrogen-bond donors (Lipinski definition) is 2. The highest BCUT2D eigenvalue weighted by atomic mass is 32.2. The van der Waals surface area contributed by atoms with Gasteiger partial charge in [-0.2, -0.15) is 0 Å². The van der Waals surface area contributed by atoms with Gasteiger partial charge in [-0.25, -0.2) is 0 Å². The van der Waals surface area contributed by atoms with Gasteiger partial charge in [0.2, 0.25) is 5.91 Å². The van der Waals surface area contributed by atoms with E-state index in [1.807, 2.05) is 80.1 Å². The summed E-state index contributed by atoms with van der Waals surface area (Å²) in [6.45, 7) is 6.36. The van der Waals surface area contributed by atoms with E-state index in [1.54, 1.807) is 24.3 Å². The van der Waals surface area contributed by atoms with E-state index in [0.29, 0.717) is 35.3 Å². The summed E-state index contributed by atoms with van der Waals surface area (Å²) in [7, 11) is 0. The molecule has 0 radical (unpaired) electrons. The standard InChI is InChI=1S/C31H31N5O3S/c1-4-8-28(37)33-22-13-11-21(12-14-22)29(38)20(3)40-31-35-34-30(26-19-32-27-10-7-6-9-25(26)27)36(31)23-15-17-24(18-16-23)39-5-2/h6-7,9-20,32H,4-5,8H2,1-3H3,(H,33,37)/t20-/m1/s1. The molecule has 0 unspecified atom stereocenters. The molecule has 40 heavy (non-hydrogen) atoms. The van der Waals surface area contributed by atoms with Crippen LogP contribution in [0.4, 0.5) is 5.69 Å². The third-order valence-electron chi connectivity index (χ3n) is 6.45. The van der Waals surface area contributed by atoms with Crippen LogP contribution in [-0.4, -0.2) is 43.3 Å². The SMILES string of the molecule is CCCC(=O)Nc1ccc(C(=O)[C@@H](C)Sc2nnc(-c3c[nH]c4ccccc34)n2-c2ccc(OCC)cc2)cc1. The fraction of sp³-hybridized carbons (Fsp3) is 0.226. The van der Waals surface area contributed by atoms with Crippen molar-refractivity contribution in [2.75, 3.05) is 11.9 Å². The Morgan fingerprint density at radius 3 is 2.48 bits per heavy atom. The number of thioether (sulfide) groups is 1. The molecule has 2 N–H and O–H groups in total. The van der Waals surface area contributed by atoms with Crippen LogP contribution in [0.25, 0.3) is 28.0 Å². The van der Waals surface area contributed by atoms with Crippen LogP contribution in [0.2, 0.25) is 0 Å². The van der Waals surface area contributed by atoms with Gasteiger partial charge in [0, 0.05) is 46.0 Å². The molecule has 0 spiro atoms. The highest BCUT2D eigenvalue weighted by Gasteiger charge is 2.24. The molecule has 0 aliphatic heterocycles. The minimum atomic E-state index is -0.429. The monoisotopic (exact) mass is 553 g/mol. The Morgan fingerprint density at radius 2 is 1.75 bits per heavy atom. The zero-order chi connectivity index (χ0) is 28.1. The number of fused-ring (bicyclic) bond motifs is 1. The van der Waals surface area contributed by atoms with Crippen LogP contribution in [0, 0.1) is 0 Å². The van der Waals surface area contributed by atoms with Crippen molar-refractivity contribution >= 4 is 40.0 Å². The van der Waals surface area contributed by atoms with E-state index in [9.17, 15) is 9.59 Å². The predicted octanol–water partition coefficient (Wildman–Crippen LogP) is 6.92. The van der Waals surface area contributed by atoms with Crippen LogP contribution >= 0.6 is 11.8 Å². The van der Waals surface area contributed by atoms with Crippen molar-refractivity contribution in [1.82, 2.24) is 19.7 Å². The van der Waals surface area contributed by atoms with E-state index in [2.05, 4.69) is 20.5 Å². The average Bonchev–Trinajstić information content (AvgIpc) is 3.58. The van der Waals surface area contributed by atoms with Gasteiger partial charge in [0.25, 0.3) is 0 Å². The number of nitrogens with zero attached hydrogens (tertiary/aromatic N) is 3. The minimum Gasteiger partial charge on any atom is -0.494 e. The quantitative estimate of drug-likeness (QED) is 0.136. The average molecular weight is 554 g/mol. The van der Waals surface area contributed by atoms with E-state index >= 15 is 0 Å². The summed E-state index contributed by atoms with van der Waals surface area (Å²) in [6, 6.07) is 22.8. The van der Waals surface area contributed by atoms with E-state index < -0.39 is 5.25 Å². The molecule has 1 atom stereocenters. The Bertz CT molecular complexity index is 1620. The van der Waals surface area contributed by atoms with E-state index in [0.717, 1.165) is 34.3 Å². The number of nitrogens with one attached hydrogen (secondary N) is 2. The maximum Gasteiger partial charge on any atom is 0.224 e.